The second-order valence-corrected chi connectivity index (χ2v) is 5.53. The van der Waals surface area contributed by atoms with E-state index in [1.54, 1.807) is 19.2 Å². The first-order chi connectivity index (χ1) is 8.06. The molecule has 1 aromatic heterocycles. The molecule has 0 spiro atoms. The monoisotopic (exact) mass is 312 g/mol. The zero-order valence-corrected chi connectivity index (χ0v) is 11.5. The lowest BCUT2D eigenvalue weighted by molar-refractivity contribution is 0.618. The van der Waals surface area contributed by atoms with E-state index in [0.717, 1.165) is 14.4 Å². The molecule has 2 aromatic rings. The van der Waals surface area contributed by atoms with Crippen LogP contribution in [0.15, 0.2) is 44.9 Å². The fourth-order valence-electron chi connectivity index (χ4n) is 1.29. The minimum atomic E-state index is -0.282. The molecule has 0 bridgehead atoms. The van der Waals surface area contributed by atoms with Crippen molar-refractivity contribution >= 4 is 33.4 Å². The lowest BCUT2D eigenvalue weighted by Gasteiger charge is -2.07. The summed E-state index contributed by atoms with van der Waals surface area (Å²) in [6.07, 6.45) is 1.72. The first kappa shape index (κ1) is 12.4. The highest BCUT2D eigenvalue weighted by Gasteiger charge is 2.07. The number of hydrogen-bond acceptors (Lipinski definition) is 3. The first-order valence-corrected chi connectivity index (χ1v) is 6.52. The van der Waals surface area contributed by atoms with Gasteiger partial charge in [-0.1, -0.05) is 11.8 Å². The molecule has 2 rings (SSSR count). The summed E-state index contributed by atoms with van der Waals surface area (Å²) in [5.74, 6) is -0.282. The average Bonchev–Trinajstić information content (AvgIpc) is 2.29. The Balaban J connectivity index is 2.30. The molecule has 88 valence electrons. The molecule has 2 N–H and O–H groups in total. The predicted octanol–water partition coefficient (Wildman–Crippen LogP) is 4.03. The number of nitrogen functional groups attached to an aromatic ring is 1. The van der Waals surface area contributed by atoms with Crippen molar-refractivity contribution in [3.05, 3.63) is 46.3 Å². The zero-order valence-electron chi connectivity index (χ0n) is 9.08. The Kier molecular flexibility index (Phi) is 3.69. The summed E-state index contributed by atoms with van der Waals surface area (Å²) < 4.78 is 14.2. The molecular weight excluding hydrogens is 303 g/mol. The number of aromatic nitrogens is 1. The molecule has 17 heavy (non-hydrogen) atoms. The van der Waals surface area contributed by atoms with Crippen LogP contribution in [0.25, 0.3) is 0 Å². The lowest BCUT2D eigenvalue weighted by atomic mass is 10.2. The molecule has 0 aliphatic carbocycles. The van der Waals surface area contributed by atoms with Gasteiger partial charge in [0.1, 0.15) is 10.8 Å². The fourth-order valence-corrected chi connectivity index (χ4v) is 2.41. The Hall–Kier alpha value is -1.07. The number of rotatable bonds is 2. The van der Waals surface area contributed by atoms with Gasteiger partial charge in [-0.25, -0.2) is 9.37 Å². The molecule has 0 radical (unpaired) electrons. The van der Waals surface area contributed by atoms with Crippen molar-refractivity contribution in [1.82, 2.24) is 4.98 Å². The Morgan fingerprint density at radius 2 is 2.12 bits per heavy atom. The van der Waals surface area contributed by atoms with Crippen LogP contribution in [0.5, 0.6) is 0 Å². The number of pyridine rings is 1. The molecule has 0 fully saturated rings. The molecule has 0 saturated heterocycles. The summed E-state index contributed by atoms with van der Waals surface area (Å²) >= 11 is 4.74. The minimum Gasteiger partial charge on any atom is -0.398 e. The third-order valence-corrected chi connectivity index (χ3v) is 3.70. The summed E-state index contributed by atoms with van der Waals surface area (Å²) in [4.78, 5) is 5.05. The second-order valence-electron chi connectivity index (χ2n) is 3.56. The number of anilines is 1. The van der Waals surface area contributed by atoms with Gasteiger partial charge in [0.05, 0.1) is 0 Å². The Labute approximate surface area is 112 Å². The highest BCUT2D eigenvalue weighted by molar-refractivity contribution is 9.10. The first-order valence-electron chi connectivity index (χ1n) is 4.91. The van der Waals surface area contributed by atoms with Crippen molar-refractivity contribution in [2.45, 2.75) is 16.8 Å². The van der Waals surface area contributed by atoms with Gasteiger partial charge in [-0.15, -0.1) is 0 Å². The van der Waals surface area contributed by atoms with Crippen LogP contribution in [-0.2, 0) is 0 Å². The Bertz CT molecular complexity index is 543. The van der Waals surface area contributed by atoms with Gasteiger partial charge in [-0.05, 0) is 52.7 Å². The number of nitrogens with zero attached hydrogens (tertiary/aromatic N) is 1. The van der Waals surface area contributed by atoms with Crippen molar-refractivity contribution < 1.29 is 4.39 Å². The van der Waals surface area contributed by atoms with Gasteiger partial charge in [0, 0.05) is 21.3 Å². The summed E-state index contributed by atoms with van der Waals surface area (Å²) in [5.41, 5.74) is 6.79. The van der Waals surface area contributed by atoms with E-state index in [1.165, 1.54) is 17.8 Å². The number of halogens is 2. The van der Waals surface area contributed by atoms with Gasteiger partial charge in [-0.3, -0.25) is 0 Å². The van der Waals surface area contributed by atoms with Crippen LogP contribution in [0.1, 0.15) is 5.56 Å². The van der Waals surface area contributed by atoms with Crippen LogP contribution in [0.2, 0.25) is 0 Å². The van der Waals surface area contributed by atoms with E-state index in [1.807, 2.05) is 12.1 Å². The Morgan fingerprint density at radius 3 is 2.76 bits per heavy atom. The van der Waals surface area contributed by atoms with Crippen molar-refractivity contribution in [2.24, 2.45) is 0 Å². The second kappa shape index (κ2) is 5.06. The summed E-state index contributed by atoms with van der Waals surface area (Å²) in [7, 11) is 0. The number of aryl methyl sites for hydroxylation is 1. The van der Waals surface area contributed by atoms with Gasteiger partial charge in [0.25, 0.3) is 0 Å². The highest BCUT2D eigenvalue weighted by Crippen LogP contribution is 2.32. The standard InChI is InChI=1S/C12H10BrFN2S/c1-7-4-11(10(15)5-9(7)14)17-12-3-2-8(13)6-16-12/h2-6H,15H2,1H3. The maximum atomic E-state index is 13.2. The molecule has 5 heteroatoms. The third-order valence-electron chi connectivity index (χ3n) is 2.21. The van der Waals surface area contributed by atoms with Gasteiger partial charge in [0.15, 0.2) is 0 Å². The van der Waals surface area contributed by atoms with Gasteiger partial charge in [0.2, 0.25) is 0 Å². The van der Waals surface area contributed by atoms with E-state index in [4.69, 9.17) is 5.73 Å². The van der Waals surface area contributed by atoms with Crippen LogP contribution in [0, 0.1) is 12.7 Å². The maximum absolute atomic E-state index is 13.2. The molecule has 0 atom stereocenters. The molecule has 1 heterocycles. The average molecular weight is 313 g/mol. The van der Waals surface area contributed by atoms with E-state index in [9.17, 15) is 4.39 Å². The lowest BCUT2D eigenvalue weighted by Crippen LogP contribution is -1.93. The van der Waals surface area contributed by atoms with Crippen LogP contribution in [-0.4, -0.2) is 4.98 Å². The Morgan fingerprint density at radius 1 is 1.35 bits per heavy atom. The summed E-state index contributed by atoms with van der Waals surface area (Å²) in [5, 5.41) is 0.825. The van der Waals surface area contributed by atoms with Crippen LogP contribution in [0.4, 0.5) is 10.1 Å². The highest BCUT2D eigenvalue weighted by atomic mass is 79.9. The molecule has 0 aliphatic heterocycles. The molecule has 0 aliphatic rings. The molecule has 2 nitrogen and oxygen atoms in total. The fraction of sp³-hybridized carbons (Fsp3) is 0.0833. The van der Waals surface area contributed by atoms with Gasteiger partial charge >= 0.3 is 0 Å². The van der Waals surface area contributed by atoms with Crippen LogP contribution >= 0.6 is 27.7 Å². The number of nitrogens with two attached hydrogens (primary N) is 1. The summed E-state index contributed by atoms with van der Waals surface area (Å²) in [6.45, 7) is 1.72. The van der Waals surface area contributed by atoms with Gasteiger partial charge in [-0.2, -0.15) is 0 Å². The maximum Gasteiger partial charge on any atom is 0.128 e. The summed E-state index contributed by atoms with van der Waals surface area (Å²) in [6, 6.07) is 6.87. The van der Waals surface area contributed by atoms with E-state index in [2.05, 4.69) is 20.9 Å². The molecule has 1 aromatic carbocycles. The molecule has 0 unspecified atom stereocenters. The minimum absolute atomic E-state index is 0.282. The largest absolute Gasteiger partial charge is 0.398 e. The number of hydrogen-bond donors (Lipinski definition) is 1. The van der Waals surface area contributed by atoms with Crippen molar-refractivity contribution in [1.29, 1.82) is 0 Å². The molecular formula is C12H10BrFN2S. The topological polar surface area (TPSA) is 38.9 Å². The zero-order chi connectivity index (χ0) is 12.4. The van der Waals surface area contributed by atoms with Crippen molar-refractivity contribution in [3.63, 3.8) is 0 Å². The van der Waals surface area contributed by atoms with E-state index < -0.39 is 0 Å². The normalized spacial score (nSPS) is 10.5. The third kappa shape index (κ3) is 2.98. The van der Waals surface area contributed by atoms with Crippen LogP contribution < -0.4 is 5.73 Å². The van der Waals surface area contributed by atoms with Gasteiger partial charge < -0.3 is 5.73 Å². The number of benzene rings is 1. The quantitative estimate of drug-likeness (QED) is 0.851. The van der Waals surface area contributed by atoms with Crippen LogP contribution in [0.3, 0.4) is 0 Å². The smallest absolute Gasteiger partial charge is 0.128 e. The van der Waals surface area contributed by atoms with E-state index in [-0.39, 0.29) is 5.82 Å². The van der Waals surface area contributed by atoms with E-state index in [0.29, 0.717) is 11.3 Å². The SMILES string of the molecule is Cc1cc(Sc2ccc(Br)cn2)c(N)cc1F. The predicted molar refractivity (Wildman–Crippen MR) is 71.6 cm³/mol. The van der Waals surface area contributed by atoms with Crippen molar-refractivity contribution in [2.75, 3.05) is 5.73 Å². The van der Waals surface area contributed by atoms with E-state index >= 15 is 0 Å². The molecule has 0 saturated carbocycles. The molecule has 0 amide bonds. The van der Waals surface area contributed by atoms with Crippen molar-refractivity contribution in [3.8, 4) is 0 Å².